The lowest BCUT2D eigenvalue weighted by Gasteiger charge is -2.29. The normalized spacial score (nSPS) is 14.7. The van der Waals surface area contributed by atoms with Gasteiger partial charge in [-0.1, -0.05) is 47.5 Å². The SMILES string of the molecule is CN1C(=O)/C(=C/c2nccs2)c2cc(S(=O)(=O)N(C)C(c3ccc(Cl)cc3)c3ccc(Cl)cc3)ccc21. The van der Waals surface area contributed by atoms with Crippen LogP contribution in [0.5, 0.6) is 0 Å². The molecule has 0 N–H and O–H groups in total. The van der Waals surface area contributed by atoms with Crippen molar-refractivity contribution in [3.63, 3.8) is 0 Å². The number of hydrogen-bond acceptors (Lipinski definition) is 5. The molecule has 1 aliphatic rings. The minimum atomic E-state index is -4.00. The minimum absolute atomic E-state index is 0.0785. The Morgan fingerprint density at radius 1 is 0.973 bits per heavy atom. The maximum Gasteiger partial charge on any atom is 0.258 e. The first kappa shape index (κ1) is 25.6. The summed E-state index contributed by atoms with van der Waals surface area (Å²) in [5.74, 6) is -0.215. The average molecular weight is 571 g/mol. The number of sulfonamides is 1. The van der Waals surface area contributed by atoms with Gasteiger partial charge in [0.1, 0.15) is 5.01 Å². The summed E-state index contributed by atoms with van der Waals surface area (Å²) in [6.07, 6.45) is 3.35. The first-order valence-corrected chi connectivity index (χ1v) is 14.3. The number of fused-ring (bicyclic) bond motifs is 1. The molecule has 0 saturated heterocycles. The molecule has 0 radical (unpaired) electrons. The molecular formula is C27H21Cl2N3O3S2. The second-order valence-electron chi connectivity index (χ2n) is 8.50. The molecule has 0 aliphatic carbocycles. The van der Waals surface area contributed by atoms with Gasteiger partial charge in [-0.2, -0.15) is 4.31 Å². The standard InChI is InChI=1S/C27H21Cl2N3O3S2/c1-31-24-12-11-21(15-22(24)23(27(31)33)16-25-30-13-14-36-25)37(34,35)32(2)26(17-3-7-19(28)8-4-17)18-5-9-20(29)10-6-18/h3-16,26H,1-2H3/b23-16+. The molecule has 2 heterocycles. The van der Waals surface area contributed by atoms with Gasteiger partial charge in [-0.3, -0.25) is 4.79 Å². The molecule has 4 aromatic rings. The highest BCUT2D eigenvalue weighted by atomic mass is 35.5. The molecular weight excluding hydrogens is 549 g/mol. The van der Waals surface area contributed by atoms with Gasteiger partial charge < -0.3 is 4.90 Å². The Kier molecular flexibility index (Phi) is 6.95. The second kappa shape index (κ2) is 10.0. The number of carbonyl (C=O) groups is 1. The zero-order valence-corrected chi connectivity index (χ0v) is 22.9. The molecule has 37 heavy (non-hydrogen) atoms. The van der Waals surface area contributed by atoms with Gasteiger partial charge in [0.25, 0.3) is 5.91 Å². The van der Waals surface area contributed by atoms with Crippen molar-refractivity contribution in [3.8, 4) is 0 Å². The van der Waals surface area contributed by atoms with Crippen molar-refractivity contribution >= 4 is 67.8 Å². The minimum Gasteiger partial charge on any atom is -0.311 e. The van der Waals surface area contributed by atoms with Crippen LogP contribution >= 0.6 is 34.5 Å². The summed E-state index contributed by atoms with van der Waals surface area (Å²) < 4.78 is 29.3. The molecule has 0 saturated carbocycles. The quantitative estimate of drug-likeness (QED) is 0.253. The van der Waals surface area contributed by atoms with Gasteiger partial charge in [-0.15, -0.1) is 11.3 Å². The smallest absolute Gasteiger partial charge is 0.258 e. The molecule has 3 aromatic carbocycles. The predicted molar refractivity (Wildman–Crippen MR) is 150 cm³/mol. The van der Waals surface area contributed by atoms with Crippen LogP contribution in [0.25, 0.3) is 11.6 Å². The summed E-state index contributed by atoms with van der Waals surface area (Å²) in [5.41, 5.74) is 3.09. The number of aromatic nitrogens is 1. The molecule has 1 aromatic heterocycles. The Labute approximate surface area is 229 Å². The van der Waals surface area contributed by atoms with Gasteiger partial charge in [0.2, 0.25) is 10.0 Å². The van der Waals surface area contributed by atoms with Crippen LogP contribution in [0, 0.1) is 0 Å². The fourth-order valence-corrected chi connectivity index (χ4v) is 6.55. The first-order chi connectivity index (χ1) is 17.7. The van der Waals surface area contributed by atoms with E-state index >= 15 is 0 Å². The topological polar surface area (TPSA) is 70.6 Å². The van der Waals surface area contributed by atoms with Crippen LogP contribution in [0.15, 0.2) is 83.2 Å². The van der Waals surface area contributed by atoms with E-state index in [-0.39, 0.29) is 10.8 Å². The van der Waals surface area contributed by atoms with E-state index in [1.807, 2.05) is 5.38 Å². The summed E-state index contributed by atoms with van der Waals surface area (Å²) in [6.45, 7) is 0. The molecule has 1 amide bonds. The molecule has 6 nitrogen and oxygen atoms in total. The van der Waals surface area contributed by atoms with E-state index in [9.17, 15) is 13.2 Å². The third kappa shape index (κ3) is 4.83. The Morgan fingerprint density at radius 3 is 2.11 bits per heavy atom. The Balaban J connectivity index is 1.60. The van der Waals surface area contributed by atoms with Crippen LogP contribution in [0.1, 0.15) is 27.7 Å². The predicted octanol–water partition coefficient (Wildman–Crippen LogP) is 6.38. The van der Waals surface area contributed by atoms with E-state index in [2.05, 4.69) is 4.98 Å². The van der Waals surface area contributed by atoms with Gasteiger partial charge in [-0.25, -0.2) is 13.4 Å². The molecule has 0 spiro atoms. The zero-order chi connectivity index (χ0) is 26.3. The van der Waals surface area contributed by atoms with Crippen molar-refractivity contribution in [1.29, 1.82) is 0 Å². The lowest BCUT2D eigenvalue weighted by atomic mass is 9.99. The van der Waals surface area contributed by atoms with Crippen molar-refractivity contribution in [2.45, 2.75) is 10.9 Å². The van der Waals surface area contributed by atoms with Crippen LogP contribution < -0.4 is 4.90 Å². The van der Waals surface area contributed by atoms with E-state index in [4.69, 9.17) is 23.2 Å². The largest absolute Gasteiger partial charge is 0.311 e. The number of rotatable bonds is 6. The third-order valence-corrected chi connectivity index (χ3v) is 9.33. The summed E-state index contributed by atoms with van der Waals surface area (Å²) in [5, 5.41) is 3.59. The van der Waals surface area contributed by atoms with Crippen LogP contribution in [-0.4, -0.2) is 37.7 Å². The maximum atomic E-state index is 14.0. The average Bonchev–Trinajstić information content (AvgIpc) is 3.49. The molecule has 0 fully saturated rings. The highest BCUT2D eigenvalue weighted by Gasteiger charge is 2.35. The van der Waals surface area contributed by atoms with Gasteiger partial charge in [0.15, 0.2) is 0 Å². The number of amides is 1. The van der Waals surface area contributed by atoms with Crippen LogP contribution in [0.2, 0.25) is 10.0 Å². The van der Waals surface area contributed by atoms with Crippen LogP contribution in [0.4, 0.5) is 5.69 Å². The van der Waals surface area contributed by atoms with Gasteiger partial charge in [0.05, 0.1) is 22.2 Å². The van der Waals surface area contributed by atoms with Gasteiger partial charge in [-0.05, 0) is 59.7 Å². The van der Waals surface area contributed by atoms with E-state index < -0.39 is 16.1 Å². The summed E-state index contributed by atoms with van der Waals surface area (Å²) in [4.78, 5) is 18.8. The van der Waals surface area contributed by atoms with Crippen molar-refractivity contribution in [2.75, 3.05) is 19.0 Å². The molecule has 0 bridgehead atoms. The van der Waals surface area contributed by atoms with E-state index in [0.717, 1.165) is 11.1 Å². The zero-order valence-electron chi connectivity index (χ0n) is 19.8. The van der Waals surface area contributed by atoms with E-state index in [1.54, 1.807) is 87.0 Å². The number of likely N-dealkylation sites (N-methyl/N-ethyl adjacent to an activating group) is 1. The lowest BCUT2D eigenvalue weighted by molar-refractivity contribution is -0.112. The van der Waals surface area contributed by atoms with E-state index in [1.165, 1.54) is 26.6 Å². The number of carbonyl (C=O) groups excluding carboxylic acids is 1. The number of nitrogens with zero attached hydrogens (tertiary/aromatic N) is 3. The van der Waals surface area contributed by atoms with Gasteiger partial charge >= 0.3 is 0 Å². The fraction of sp³-hybridized carbons (Fsp3) is 0.111. The van der Waals surface area contributed by atoms with E-state index in [0.29, 0.717) is 31.9 Å². The number of halogens is 2. The second-order valence-corrected chi connectivity index (χ2v) is 12.3. The lowest BCUT2D eigenvalue weighted by Crippen LogP contribution is -2.32. The monoisotopic (exact) mass is 569 g/mol. The van der Waals surface area contributed by atoms with Crippen molar-refractivity contribution < 1.29 is 13.2 Å². The van der Waals surface area contributed by atoms with Crippen molar-refractivity contribution in [3.05, 3.63) is 110 Å². The number of anilines is 1. The van der Waals surface area contributed by atoms with Crippen molar-refractivity contribution in [2.24, 2.45) is 0 Å². The molecule has 5 rings (SSSR count). The third-order valence-electron chi connectivity index (χ3n) is 6.29. The molecule has 188 valence electrons. The highest BCUT2D eigenvalue weighted by Crippen LogP contribution is 2.40. The first-order valence-electron chi connectivity index (χ1n) is 11.2. The number of benzene rings is 3. The highest BCUT2D eigenvalue weighted by molar-refractivity contribution is 7.89. The number of thiazole rings is 1. The number of hydrogen-bond donors (Lipinski definition) is 0. The fourth-order valence-electron chi connectivity index (χ4n) is 4.37. The molecule has 0 unspecified atom stereocenters. The van der Waals surface area contributed by atoms with Crippen molar-refractivity contribution in [1.82, 2.24) is 9.29 Å². The van der Waals surface area contributed by atoms with Crippen LogP contribution in [0.3, 0.4) is 0 Å². The Bertz CT molecular complexity index is 1560. The molecule has 1 aliphatic heterocycles. The maximum absolute atomic E-state index is 14.0. The molecule has 0 atom stereocenters. The summed E-state index contributed by atoms with van der Waals surface area (Å²) >= 11 is 13.6. The summed E-state index contributed by atoms with van der Waals surface area (Å²) in [6, 6.07) is 18.2. The van der Waals surface area contributed by atoms with Gasteiger partial charge in [0, 0.05) is 41.3 Å². The van der Waals surface area contributed by atoms with Crippen LogP contribution in [-0.2, 0) is 14.8 Å². The Morgan fingerprint density at radius 2 is 1.57 bits per heavy atom. The Hall–Kier alpha value is -3.01. The summed E-state index contributed by atoms with van der Waals surface area (Å²) in [7, 11) is -0.790. The molecule has 10 heteroatoms.